The molecule has 122 valence electrons. The van der Waals surface area contributed by atoms with Gasteiger partial charge in [-0.1, -0.05) is 18.2 Å². The minimum absolute atomic E-state index is 0.106. The molecule has 6 heteroatoms. The third-order valence-electron chi connectivity index (χ3n) is 4.48. The number of amides is 2. The van der Waals surface area contributed by atoms with E-state index in [1.165, 1.54) is 0 Å². The lowest BCUT2D eigenvalue weighted by Gasteiger charge is -2.06. The first-order valence-corrected chi connectivity index (χ1v) is 7.83. The zero-order chi connectivity index (χ0) is 16.7. The van der Waals surface area contributed by atoms with Crippen LogP contribution in [0.5, 0.6) is 0 Å². The SMILES string of the molecule is Cn1cc(C(=O)NNC(=O)[C@@H]2C[C@@H]2c2ccco2)c2ccccc21. The number of para-hydroxylation sites is 1. The van der Waals surface area contributed by atoms with Gasteiger partial charge in [0.2, 0.25) is 5.91 Å². The van der Waals surface area contributed by atoms with Crippen LogP contribution in [-0.2, 0) is 11.8 Å². The van der Waals surface area contributed by atoms with Crippen molar-refractivity contribution in [3.8, 4) is 0 Å². The second-order valence-electron chi connectivity index (χ2n) is 6.08. The average Bonchev–Trinajstić information content (AvgIpc) is 3.06. The minimum atomic E-state index is -0.324. The Balaban J connectivity index is 1.41. The van der Waals surface area contributed by atoms with Gasteiger partial charge in [-0.3, -0.25) is 20.4 Å². The maximum atomic E-state index is 12.4. The summed E-state index contributed by atoms with van der Waals surface area (Å²) in [6.45, 7) is 0. The van der Waals surface area contributed by atoms with E-state index >= 15 is 0 Å². The van der Waals surface area contributed by atoms with Crippen molar-refractivity contribution in [2.24, 2.45) is 13.0 Å². The van der Waals surface area contributed by atoms with Gasteiger partial charge in [-0.05, 0) is 24.6 Å². The number of furan rings is 1. The Morgan fingerprint density at radius 3 is 2.79 bits per heavy atom. The Bertz CT molecular complexity index is 911. The second kappa shape index (κ2) is 5.56. The van der Waals surface area contributed by atoms with E-state index in [4.69, 9.17) is 4.42 Å². The summed E-state index contributed by atoms with van der Waals surface area (Å²) in [4.78, 5) is 24.5. The molecule has 2 atom stereocenters. The number of hydrogen-bond donors (Lipinski definition) is 2. The lowest BCUT2D eigenvalue weighted by molar-refractivity contribution is -0.123. The molecule has 0 saturated heterocycles. The van der Waals surface area contributed by atoms with Crippen LogP contribution in [0.1, 0.15) is 28.5 Å². The number of hydrazine groups is 1. The lowest BCUT2D eigenvalue weighted by Crippen LogP contribution is -2.42. The fourth-order valence-electron chi connectivity index (χ4n) is 3.10. The number of fused-ring (bicyclic) bond motifs is 1. The summed E-state index contributed by atoms with van der Waals surface area (Å²) >= 11 is 0. The van der Waals surface area contributed by atoms with E-state index in [1.807, 2.05) is 48.0 Å². The number of hydrogen-bond acceptors (Lipinski definition) is 3. The molecule has 4 rings (SSSR count). The summed E-state index contributed by atoms with van der Waals surface area (Å²) in [5.74, 6) is 0.259. The van der Waals surface area contributed by atoms with Crippen molar-refractivity contribution in [2.75, 3.05) is 0 Å². The molecule has 0 bridgehead atoms. The van der Waals surface area contributed by atoms with Crippen LogP contribution in [0.15, 0.2) is 53.3 Å². The van der Waals surface area contributed by atoms with Crippen molar-refractivity contribution >= 4 is 22.7 Å². The van der Waals surface area contributed by atoms with Crippen molar-refractivity contribution in [2.45, 2.75) is 12.3 Å². The van der Waals surface area contributed by atoms with Gasteiger partial charge in [0, 0.05) is 30.1 Å². The first-order chi connectivity index (χ1) is 11.6. The summed E-state index contributed by atoms with van der Waals surface area (Å²) < 4.78 is 7.20. The van der Waals surface area contributed by atoms with Crippen LogP contribution >= 0.6 is 0 Å². The molecule has 2 N–H and O–H groups in total. The molecule has 3 aromatic rings. The van der Waals surface area contributed by atoms with Gasteiger partial charge in [-0.15, -0.1) is 0 Å². The second-order valence-corrected chi connectivity index (χ2v) is 6.08. The summed E-state index contributed by atoms with van der Waals surface area (Å²) in [6.07, 6.45) is 4.10. The monoisotopic (exact) mass is 323 g/mol. The smallest absolute Gasteiger partial charge is 0.271 e. The molecular formula is C18H17N3O3. The molecule has 0 radical (unpaired) electrons. The molecule has 2 amide bonds. The number of carbonyl (C=O) groups excluding carboxylic acids is 2. The van der Waals surface area contributed by atoms with Crippen LogP contribution in [-0.4, -0.2) is 16.4 Å². The highest BCUT2D eigenvalue weighted by Crippen LogP contribution is 2.47. The Hall–Kier alpha value is -3.02. The van der Waals surface area contributed by atoms with E-state index in [9.17, 15) is 9.59 Å². The first kappa shape index (κ1) is 14.6. The summed E-state index contributed by atoms with van der Waals surface area (Å²) in [7, 11) is 1.88. The number of nitrogens with zero attached hydrogens (tertiary/aromatic N) is 1. The number of nitrogens with one attached hydrogen (secondary N) is 2. The quantitative estimate of drug-likeness (QED) is 0.726. The van der Waals surface area contributed by atoms with Crippen LogP contribution in [0, 0.1) is 5.92 Å². The van der Waals surface area contributed by atoms with Gasteiger partial charge in [0.05, 0.1) is 17.7 Å². The lowest BCUT2D eigenvalue weighted by atomic mass is 10.2. The zero-order valence-electron chi connectivity index (χ0n) is 13.2. The minimum Gasteiger partial charge on any atom is -0.469 e. The van der Waals surface area contributed by atoms with Crippen LogP contribution in [0.25, 0.3) is 10.9 Å². The maximum absolute atomic E-state index is 12.4. The summed E-state index contributed by atoms with van der Waals surface area (Å²) in [5, 5.41) is 0.853. The summed E-state index contributed by atoms with van der Waals surface area (Å²) in [5.41, 5.74) is 6.53. The van der Waals surface area contributed by atoms with Crippen LogP contribution < -0.4 is 10.9 Å². The molecule has 0 spiro atoms. The first-order valence-electron chi connectivity index (χ1n) is 7.83. The maximum Gasteiger partial charge on any atom is 0.271 e. The van der Waals surface area contributed by atoms with Crippen molar-refractivity contribution < 1.29 is 14.0 Å². The molecule has 2 aromatic heterocycles. The van der Waals surface area contributed by atoms with Gasteiger partial charge in [0.1, 0.15) is 5.76 Å². The van der Waals surface area contributed by atoms with E-state index in [0.29, 0.717) is 5.56 Å². The van der Waals surface area contributed by atoms with Crippen molar-refractivity contribution in [3.05, 3.63) is 60.2 Å². The average molecular weight is 323 g/mol. The standard InChI is InChI=1S/C18H17N3O3/c1-21-10-14(11-5-2-3-6-15(11)21)18(23)20-19-17(22)13-9-12(13)16-7-4-8-24-16/h2-8,10,12-13H,9H2,1H3,(H,19,22)(H,20,23)/t12-,13+/m0/s1. The molecule has 2 heterocycles. The van der Waals surface area contributed by atoms with Gasteiger partial charge in [-0.25, -0.2) is 0 Å². The number of aromatic nitrogens is 1. The number of carbonyl (C=O) groups is 2. The molecule has 0 unspecified atom stereocenters. The van der Waals surface area contributed by atoms with Gasteiger partial charge in [0.25, 0.3) is 5.91 Å². The predicted molar refractivity (Wildman–Crippen MR) is 88.1 cm³/mol. The zero-order valence-corrected chi connectivity index (χ0v) is 13.2. The van der Waals surface area contributed by atoms with Gasteiger partial charge in [0.15, 0.2) is 0 Å². The molecule has 1 aliphatic rings. The van der Waals surface area contributed by atoms with Gasteiger partial charge < -0.3 is 8.98 Å². The molecule has 1 fully saturated rings. The normalized spacial score (nSPS) is 19.2. The van der Waals surface area contributed by atoms with Crippen LogP contribution in [0.2, 0.25) is 0 Å². The number of aryl methyl sites for hydroxylation is 1. The largest absolute Gasteiger partial charge is 0.469 e. The highest BCUT2D eigenvalue weighted by atomic mass is 16.3. The summed E-state index contributed by atoms with van der Waals surface area (Å²) in [6, 6.07) is 11.3. The van der Waals surface area contributed by atoms with E-state index < -0.39 is 0 Å². The van der Waals surface area contributed by atoms with Crippen molar-refractivity contribution in [1.82, 2.24) is 15.4 Å². The molecular weight excluding hydrogens is 306 g/mol. The topological polar surface area (TPSA) is 76.3 Å². The van der Waals surface area contributed by atoms with E-state index in [-0.39, 0.29) is 23.7 Å². The Morgan fingerprint density at radius 1 is 1.17 bits per heavy atom. The molecule has 0 aliphatic heterocycles. The molecule has 1 aliphatic carbocycles. The molecule has 24 heavy (non-hydrogen) atoms. The van der Waals surface area contributed by atoms with Crippen LogP contribution in [0.4, 0.5) is 0 Å². The van der Waals surface area contributed by atoms with E-state index in [1.54, 1.807) is 12.5 Å². The fraction of sp³-hybridized carbons (Fsp3) is 0.222. The Labute approximate surface area is 138 Å². The van der Waals surface area contributed by atoms with Crippen LogP contribution in [0.3, 0.4) is 0 Å². The van der Waals surface area contributed by atoms with Crippen molar-refractivity contribution in [1.29, 1.82) is 0 Å². The highest BCUT2D eigenvalue weighted by Gasteiger charge is 2.46. The van der Waals surface area contributed by atoms with E-state index in [0.717, 1.165) is 23.1 Å². The number of benzene rings is 1. The van der Waals surface area contributed by atoms with Gasteiger partial charge >= 0.3 is 0 Å². The van der Waals surface area contributed by atoms with Gasteiger partial charge in [-0.2, -0.15) is 0 Å². The third kappa shape index (κ3) is 2.46. The Morgan fingerprint density at radius 2 is 2.00 bits per heavy atom. The van der Waals surface area contributed by atoms with E-state index in [2.05, 4.69) is 10.9 Å². The number of rotatable bonds is 3. The molecule has 1 aromatic carbocycles. The Kier molecular flexibility index (Phi) is 3.37. The predicted octanol–water partition coefficient (Wildman–Crippen LogP) is 2.34. The highest BCUT2D eigenvalue weighted by molar-refractivity contribution is 6.07. The third-order valence-corrected chi connectivity index (χ3v) is 4.48. The fourth-order valence-corrected chi connectivity index (χ4v) is 3.10. The molecule has 1 saturated carbocycles. The molecule has 6 nitrogen and oxygen atoms in total. The van der Waals surface area contributed by atoms with Crippen molar-refractivity contribution in [3.63, 3.8) is 0 Å².